The lowest BCUT2D eigenvalue weighted by molar-refractivity contribution is 0.173. The summed E-state index contributed by atoms with van der Waals surface area (Å²) in [5.74, 6) is -0.411. The van der Waals surface area contributed by atoms with Crippen LogP contribution in [0.5, 0.6) is 0 Å². The van der Waals surface area contributed by atoms with E-state index in [9.17, 15) is 9.50 Å². The van der Waals surface area contributed by atoms with Crippen molar-refractivity contribution >= 4 is 27.5 Å². The molecule has 94 valence electrons. The molecule has 4 heteroatoms. The van der Waals surface area contributed by atoms with Gasteiger partial charge in [0.25, 0.3) is 0 Å². The van der Waals surface area contributed by atoms with Gasteiger partial charge in [-0.15, -0.1) is 0 Å². The summed E-state index contributed by atoms with van der Waals surface area (Å²) in [5, 5.41) is 10.7. The first-order chi connectivity index (χ1) is 8.58. The Balaban J connectivity index is 2.22. The van der Waals surface area contributed by atoms with Gasteiger partial charge in [-0.2, -0.15) is 0 Å². The first-order valence-corrected chi connectivity index (χ1v) is 6.61. The fourth-order valence-corrected chi connectivity index (χ4v) is 2.51. The van der Waals surface area contributed by atoms with Gasteiger partial charge in [0.2, 0.25) is 0 Å². The minimum atomic E-state index is -0.887. The van der Waals surface area contributed by atoms with Crippen LogP contribution in [0, 0.1) is 5.82 Å². The normalized spacial score (nSPS) is 12.4. The Bertz CT molecular complexity index is 522. The van der Waals surface area contributed by atoms with Crippen LogP contribution in [0.3, 0.4) is 0 Å². The molecule has 2 aromatic carbocycles. The van der Waals surface area contributed by atoms with Gasteiger partial charge in [0.15, 0.2) is 0 Å². The molecule has 2 rings (SSSR count). The highest BCUT2D eigenvalue weighted by Crippen LogP contribution is 2.28. The van der Waals surface area contributed by atoms with E-state index in [0.29, 0.717) is 15.9 Å². The Hall–Kier alpha value is -0.900. The second-order valence-corrected chi connectivity index (χ2v) is 5.27. The number of hydrogen-bond donors (Lipinski definition) is 1. The molecule has 0 aliphatic heterocycles. The van der Waals surface area contributed by atoms with Crippen LogP contribution in [0.25, 0.3) is 0 Å². The van der Waals surface area contributed by atoms with E-state index in [2.05, 4.69) is 15.9 Å². The molecule has 0 aliphatic carbocycles. The molecular formula is C14H11BrClFO. The van der Waals surface area contributed by atoms with E-state index in [0.717, 1.165) is 5.56 Å². The lowest BCUT2D eigenvalue weighted by atomic mass is 10.0. The van der Waals surface area contributed by atoms with Crippen molar-refractivity contribution in [3.63, 3.8) is 0 Å². The second kappa shape index (κ2) is 5.83. The minimum Gasteiger partial charge on any atom is -0.388 e. The fourth-order valence-electron chi connectivity index (χ4n) is 1.77. The predicted molar refractivity (Wildman–Crippen MR) is 74.2 cm³/mol. The molecule has 2 aromatic rings. The summed E-state index contributed by atoms with van der Waals surface area (Å²) >= 11 is 9.04. The van der Waals surface area contributed by atoms with Gasteiger partial charge in [0.1, 0.15) is 5.82 Å². The molecule has 0 spiro atoms. The molecule has 0 aromatic heterocycles. The van der Waals surface area contributed by atoms with Gasteiger partial charge in [0.05, 0.1) is 6.10 Å². The lowest BCUT2D eigenvalue weighted by Gasteiger charge is -2.14. The molecule has 1 nitrogen and oxygen atoms in total. The van der Waals surface area contributed by atoms with Gasteiger partial charge < -0.3 is 5.11 Å². The molecule has 0 fully saturated rings. The van der Waals surface area contributed by atoms with Crippen molar-refractivity contribution in [3.05, 3.63) is 68.9 Å². The maximum absolute atomic E-state index is 13.7. The molecule has 0 radical (unpaired) electrons. The van der Waals surface area contributed by atoms with Crippen molar-refractivity contribution in [2.24, 2.45) is 0 Å². The van der Waals surface area contributed by atoms with Crippen LogP contribution in [-0.4, -0.2) is 5.11 Å². The second-order valence-electron chi connectivity index (χ2n) is 3.98. The molecular weight excluding hydrogens is 319 g/mol. The SMILES string of the molecule is OC(Cc1ccc(Cl)cc1)c1c(F)cccc1Br. The molecule has 0 bridgehead atoms. The Morgan fingerprint density at radius 3 is 2.44 bits per heavy atom. The zero-order valence-corrected chi connectivity index (χ0v) is 11.7. The fraction of sp³-hybridized carbons (Fsp3) is 0.143. The standard InChI is InChI=1S/C14H11BrClFO/c15-11-2-1-3-12(17)14(11)13(18)8-9-4-6-10(16)7-5-9/h1-7,13,18H,8H2. The monoisotopic (exact) mass is 328 g/mol. The number of hydrogen-bond acceptors (Lipinski definition) is 1. The molecule has 0 heterocycles. The van der Waals surface area contributed by atoms with Gasteiger partial charge in [-0.05, 0) is 29.8 Å². The van der Waals surface area contributed by atoms with E-state index >= 15 is 0 Å². The number of aliphatic hydroxyl groups excluding tert-OH is 1. The van der Waals surface area contributed by atoms with Crippen LogP contribution in [0.15, 0.2) is 46.9 Å². The summed E-state index contributed by atoms with van der Waals surface area (Å²) in [6, 6.07) is 11.8. The highest BCUT2D eigenvalue weighted by Gasteiger charge is 2.16. The molecule has 0 aliphatic rings. The largest absolute Gasteiger partial charge is 0.388 e. The first-order valence-electron chi connectivity index (χ1n) is 5.44. The van der Waals surface area contributed by atoms with E-state index in [-0.39, 0.29) is 5.56 Å². The molecule has 18 heavy (non-hydrogen) atoms. The molecule has 0 saturated carbocycles. The van der Waals surface area contributed by atoms with Gasteiger partial charge in [-0.3, -0.25) is 0 Å². The molecule has 1 unspecified atom stereocenters. The quantitative estimate of drug-likeness (QED) is 0.878. The summed E-state index contributed by atoms with van der Waals surface area (Å²) in [4.78, 5) is 0. The number of aliphatic hydroxyl groups is 1. The van der Waals surface area contributed by atoms with Gasteiger partial charge in [-0.25, -0.2) is 4.39 Å². The van der Waals surface area contributed by atoms with Crippen molar-refractivity contribution in [3.8, 4) is 0 Å². The summed E-state index contributed by atoms with van der Waals surface area (Å²) < 4.78 is 14.2. The lowest BCUT2D eigenvalue weighted by Crippen LogP contribution is -2.05. The Kier molecular flexibility index (Phi) is 4.38. The zero-order valence-electron chi connectivity index (χ0n) is 9.41. The zero-order chi connectivity index (χ0) is 13.1. The first kappa shape index (κ1) is 13.5. The minimum absolute atomic E-state index is 0.285. The van der Waals surface area contributed by atoms with Crippen LogP contribution < -0.4 is 0 Å². The topological polar surface area (TPSA) is 20.2 Å². The van der Waals surface area contributed by atoms with Crippen molar-refractivity contribution in [1.82, 2.24) is 0 Å². The van der Waals surface area contributed by atoms with Crippen LogP contribution in [0.2, 0.25) is 5.02 Å². The number of benzene rings is 2. The van der Waals surface area contributed by atoms with Gasteiger partial charge in [0, 0.05) is 21.5 Å². The third-order valence-electron chi connectivity index (χ3n) is 2.68. The van der Waals surface area contributed by atoms with Crippen molar-refractivity contribution < 1.29 is 9.50 Å². The average molecular weight is 330 g/mol. The van der Waals surface area contributed by atoms with Gasteiger partial charge >= 0.3 is 0 Å². The van der Waals surface area contributed by atoms with Crippen LogP contribution >= 0.6 is 27.5 Å². The molecule has 1 atom stereocenters. The van der Waals surface area contributed by atoms with Crippen LogP contribution in [0.1, 0.15) is 17.2 Å². The smallest absolute Gasteiger partial charge is 0.130 e. The summed E-state index contributed by atoms with van der Waals surface area (Å²) in [5.41, 5.74) is 1.19. The Morgan fingerprint density at radius 1 is 1.17 bits per heavy atom. The van der Waals surface area contributed by atoms with Crippen LogP contribution in [-0.2, 0) is 6.42 Å². The van der Waals surface area contributed by atoms with E-state index in [1.54, 1.807) is 24.3 Å². The van der Waals surface area contributed by atoms with E-state index in [4.69, 9.17) is 11.6 Å². The average Bonchev–Trinajstić information content (AvgIpc) is 2.32. The predicted octanol–water partition coefficient (Wildman–Crippen LogP) is 4.52. The Labute approximate surface area is 118 Å². The third-order valence-corrected chi connectivity index (χ3v) is 3.62. The maximum Gasteiger partial charge on any atom is 0.130 e. The van der Waals surface area contributed by atoms with Crippen molar-refractivity contribution in [2.75, 3.05) is 0 Å². The highest BCUT2D eigenvalue weighted by atomic mass is 79.9. The highest BCUT2D eigenvalue weighted by molar-refractivity contribution is 9.10. The molecule has 1 N–H and O–H groups in total. The van der Waals surface area contributed by atoms with E-state index in [1.807, 2.05) is 12.1 Å². The van der Waals surface area contributed by atoms with Crippen LogP contribution in [0.4, 0.5) is 4.39 Å². The van der Waals surface area contributed by atoms with Crippen molar-refractivity contribution in [2.45, 2.75) is 12.5 Å². The summed E-state index contributed by atoms with van der Waals surface area (Å²) in [7, 11) is 0. The number of rotatable bonds is 3. The maximum atomic E-state index is 13.7. The molecule has 0 amide bonds. The number of halogens is 3. The van der Waals surface area contributed by atoms with E-state index in [1.165, 1.54) is 6.07 Å². The molecule has 0 saturated heterocycles. The van der Waals surface area contributed by atoms with Gasteiger partial charge in [-0.1, -0.05) is 45.7 Å². The third kappa shape index (κ3) is 3.10. The Morgan fingerprint density at radius 2 is 1.83 bits per heavy atom. The summed E-state index contributed by atoms with van der Waals surface area (Å²) in [6.45, 7) is 0. The summed E-state index contributed by atoms with van der Waals surface area (Å²) in [6.07, 6.45) is -0.543. The van der Waals surface area contributed by atoms with E-state index < -0.39 is 11.9 Å². The van der Waals surface area contributed by atoms with Crippen molar-refractivity contribution in [1.29, 1.82) is 0 Å².